The molecule has 1 aromatic carbocycles. The van der Waals surface area contributed by atoms with Crippen LogP contribution in [0.5, 0.6) is 0 Å². The lowest BCUT2D eigenvalue weighted by Crippen LogP contribution is -2.42. The molecule has 0 radical (unpaired) electrons. The third-order valence-corrected chi connectivity index (χ3v) is 8.79. The van der Waals surface area contributed by atoms with Gasteiger partial charge in [0.05, 0.1) is 23.3 Å². The topological polar surface area (TPSA) is 151 Å². The van der Waals surface area contributed by atoms with Gasteiger partial charge in [-0.15, -0.1) is 10.2 Å². The summed E-state index contributed by atoms with van der Waals surface area (Å²) < 4.78 is 5.49. The number of nitriles is 1. The number of hydrogen-bond acceptors (Lipinski definition) is 11. The minimum absolute atomic E-state index is 0.0599. The lowest BCUT2D eigenvalue weighted by atomic mass is 9.68. The second-order valence-electron chi connectivity index (χ2n) is 10.0. The Morgan fingerprint density at radius 2 is 2.13 bits per heavy atom. The fourth-order valence-electron chi connectivity index (χ4n) is 4.83. The van der Waals surface area contributed by atoms with Gasteiger partial charge < -0.3 is 15.6 Å². The third kappa shape index (κ3) is 5.30. The van der Waals surface area contributed by atoms with Crippen LogP contribution in [0.4, 0.5) is 10.9 Å². The first-order valence-electron chi connectivity index (χ1n) is 12.0. The van der Waals surface area contributed by atoms with Gasteiger partial charge in [-0.1, -0.05) is 71.9 Å². The van der Waals surface area contributed by atoms with Crippen LogP contribution in [0.2, 0.25) is 5.02 Å². The number of thioether (sulfide) groups is 1. The minimum Gasteiger partial charge on any atom is -0.384 e. The van der Waals surface area contributed by atoms with Crippen molar-refractivity contribution in [2.24, 2.45) is 11.1 Å². The Hall–Kier alpha value is -3.66. The molecule has 0 saturated carbocycles. The number of nitrogens with two attached hydrogens (primary N) is 1. The van der Waals surface area contributed by atoms with Crippen LogP contribution in [0.1, 0.15) is 43.9 Å². The maximum Gasteiger partial charge on any atom is 0.236 e. The van der Waals surface area contributed by atoms with E-state index >= 15 is 0 Å². The summed E-state index contributed by atoms with van der Waals surface area (Å²) in [7, 11) is 0. The number of allylic oxidation sites excluding steroid dienone is 3. The first kappa shape index (κ1) is 26.9. The monoisotopic (exact) mass is 581 g/mol. The average Bonchev–Trinajstić information content (AvgIpc) is 3.50. The molecule has 1 unspecified atom stereocenters. The molecule has 1 amide bonds. The van der Waals surface area contributed by atoms with E-state index in [2.05, 4.69) is 26.7 Å². The van der Waals surface area contributed by atoms with Gasteiger partial charge in [0, 0.05) is 28.8 Å². The number of hydrogen-bond donors (Lipinski definition) is 2. The van der Waals surface area contributed by atoms with Crippen molar-refractivity contribution < 1.29 is 14.1 Å². The number of halogens is 1. The normalized spacial score (nSPS) is 18.7. The van der Waals surface area contributed by atoms with Crippen molar-refractivity contribution in [3.05, 3.63) is 69.3 Å². The number of nitrogens with zero attached hydrogens (tertiary/aromatic N) is 5. The van der Waals surface area contributed by atoms with Crippen molar-refractivity contribution in [2.75, 3.05) is 16.0 Å². The maximum atomic E-state index is 13.6. The molecule has 39 heavy (non-hydrogen) atoms. The Balaban J connectivity index is 1.49. The number of anilines is 2. The largest absolute Gasteiger partial charge is 0.384 e. The van der Waals surface area contributed by atoms with Crippen LogP contribution < -0.4 is 16.0 Å². The summed E-state index contributed by atoms with van der Waals surface area (Å²) in [6.07, 6.45) is 0.868. The zero-order valence-electron chi connectivity index (χ0n) is 21.3. The lowest BCUT2D eigenvalue weighted by Gasteiger charge is -2.42. The molecule has 2 aliphatic rings. The van der Waals surface area contributed by atoms with Crippen molar-refractivity contribution in [3.63, 3.8) is 0 Å². The van der Waals surface area contributed by atoms with E-state index < -0.39 is 5.92 Å². The number of rotatable bonds is 6. The molecule has 1 aliphatic carbocycles. The van der Waals surface area contributed by atoms with Crippen molar-refractivity contribution >= 4 is 57.3 Å². The number of benzene rings is 1. The van der Waals surface area contributed by atoms with Gasteiger partial charge in [-0.25, -0.2) is 0 Å². The number of carbonyl (C=O) groups excluding carboxylic acids is 2. The number of aryl methyl sites for hydroxylation is 1. The smallest absolute Gasteiger partial charge is 0.236 e. The molecular weight excluding hydrogens is 558 g/mol. The number of amides is 1. The second kappa shape index (κ2) is 10.5. The van der Waals surface area contributed by atoms with Crippen molar-refractivity contribution in [2.45, 2.75) is 43.9 Å². The third-order valence-electron chi connectivity index (χ3n) is 6.41. The molecule has 13 heteroatoms. The van der Waals surface area contributed by atoms with Gasteiger partial charge in [-0.05, 0) is 30.4 Å². The van der Waals surface area contributed by atoms with E-state index in [1.165, 1.54) is 23.1 Å². The summed E-state index contributed by atoms with van der Waals surface area (Å²) >= 11 is 8.97. The average molecular weight is 582 g/mol. The fraction of sp³-hybridized carbons (Fsp3) is 0.308. The highest BCUT2D eigenvalue weighted by atomic mass is 35.5. The molecule has 0 fully saturated rings. The highest BCUT2D eigenvalue weighted by Gasteiger charge is 2.45. The van der Waals surface area contributed by atoms with Crippen LogP contribution in [-0.4, -0.2) is 32.8 Å². The Morgan fingerprint density at radius 3 is 2.82 bits per heavy atom. The van der Waals surface area contributed by atoms with Crippen molar-refractivity contribution in [1.29, 1.82) is 5.26 Å². The molecule has 200 valence electrons. The summed E-state index contributed by atoms with van der Waals surface area (Å²) in [5.41, 5.74) is 8.38. The number of nitrogens with one attached hydrogen (secondary N) is 1. The van der Waals surface area contributed by atoms with Gasteiger partial charge in [0.15, 0.2) is 15.9 Å². The molecule has 3 heterocycles. The van der Waals surface area contributed by atoms with E-state index in [0.29, 0.717) is 55.7 Å². The quantitative estimate of drug-likeness (QED) is 0.373. The van der Waals surface area contributed by atoms with Crippen LogP contribution in [0.3, 0.4) is 0 Å². The fourth-order valence-corrected chi connectivity index (χ4v) is 6.76. The first-order chi connectivity index (χ1) is 18.6. The van der Waals surface area contributed by atoms with Gasteiger partial charge >= 0.3 is 0 Å². The summed E-state index contributed by atoms with van der Waals surface area (Å²) in [6, 6.07) is 11.0. The van der Waals surface area contributed by atoms with Gasteiger partial charge in [0.1, 0.15) is 11.6 Å². The highest BCUT2D eigenvalue weighted by Crippen LogP contribution is 2.51. The van der Waals surface area contributed by atoms with Crippen LogP contribution in [0.15, 0.2) is 61.9 Å². The molecule has 0 bridgehead atoms. The highest BCUT2D eigenvalue weighted by molar-refractivity contribution is 8.01. The number of Topliss-reactive ketones (excluding diaryl/α,β-unsaturated/α-hetero) is 1. The molecule has 1 atom stereocenters. The van der Waals surface area contributed by atoms with E-state index in [1.54, 1.807) is 30.0 Å². The Kier molecular flexibility index (Phi) is 7.24. The summed E-state index contributed by atoms with van der Waals surface area (Å²) in [5.74, 6) is 0.164. The predicted octanol–water partition coefficient (Wildman–Crippen LogP) is 5.16. The molecule has 0 saturated heterocycles. The molecule has 10 nitrogen and oxygen atoms in total. The Bertz CT molecular complexity index is 1580. The zero-order valence-corrected chi connectivity index (χ0v) is 23.7. The Morgan fingerprint density at radius 1 is 1.36 bits per heavy atom. The van der Waals surface area contributed by atoms with E-state index in [9.17, 15) is 14.9 Å². The molecule has 3 N–H and O–H groups in total. The molecule has 1 aliphatic heterocycles. The van der Waals surface area contributed by atoms with Crippen LogP contribution in [0, 0.1) is 23.7 Å². The first-order valence-corrected chi connectivity index (χ1v) is 14.2. The zero-order chi connectivity index (χ0) is 27.9. The van der Waals surface area contributed by atoms with E-state index in [1.807, 2.05) is 26.0 Å². The van der Waals surface area contributed by atoms with Gasteiger partial charge in [0.2, 0.25) is 11.0 Å². The molecule has 0 spiro atoms. The van der Waals surface area contributed by atoms with E-state index in [-0.39, 0.29) is 34.3 Å². The SMILES string of the molecule is Cc1cc(NC(=O)CSc2nnc(N3C(N)=C(C#N)C(c4ccccc4Cl)C4=C3CC(C)(C)CC4=O)s2)no1. The second-order valence-corrected chi connectivity index (χ2v) is 12.6. The number of ketones is 1. The van der Waals surface area contributed by atoms with Crippen LogP contribution >= 0.6 is 34.7 Å². The van der Waals surface area contributed by atoms with Crippen LogP contribution in [-0.2, 0) is 9.59 Å². The van der Waals surface area contributed by atoms with E-state index in [0.717, 1.165) is 0 Å². The van der Waals surface area contributed by atoms with Gasteiger partial charge in [-0.3, -0.25) is 14.5 Å². The minimum atomic E-state index is -0.677. The summed E-state index contributed by atoms with van der Waals surface area (Å²) in [4.78, 5) is 27.6. The molecule has 3 aromatic rings. The predicted molar refractivity (Wildman–Crippen MR) is 149 cm³/mol. The van der Waals surface area contributed by atoms with Crippen molar-refractivity contribution in [1.82, 2.24) is 15.4 Å². The van der Waals surface area contributed by atoms with Gasteiger partial charge in [-0.2, -0.15) is 5.26 Å². The van der Waals surface area contributed by atoms with E-state index in [4.69, 9.17) is 21.9 Å². The van der Waals surface area contributed by atoms with Crippen molar-refractivity contribution in [3.8, 4) is 6.07 Å². The summed E-state index contributed by atoms with van der Waals surface area (Å²) in [6.45, 7) is 5.78. The molecule has 5 rings (SSSR count). The molecule has 2 aromatic heterocycles. The standard InChI is InChI=1S/C26H24ClN7O3S2/c1-13-8-19(33-37-13)30-20(36)12-38-25-32-31-24(39-25)34-17-9-26(2,3)10-18(35)22(17)21(15(11-28)23(34)29)14-6-4-5-7-16(14)27/h4-8,21H,9-10,12,29H2,1-3H3,(H,30,33,36). The lowest BCUT2D eigenvalue weighted by molar-refractivity contribution is -0.118. The molecular formula is C26H24ClN7O3S2. The maximum absolute atomic E-state index is 13.6. The summed E-state index contributed by atoms with van der Waals surface area (Å²) in [5, 5.41) is 26.0. The number of carbonyl (C=O) groups is 2. The van der Waals surface area contributed by atoms with Gasteiger partial charge in [0.25, 0.3) is 0 Å². The number of aromatic nitrogens is 3. The Labute approximate surface area is 237 Å². The van der Waals surface area contributed by atoms with Crippen LogP contribution in [0.25, 0.3) is 0 Å².